The van der Waals surface area contributed by atoms with Crippen LogP contribution < -0.4 is 15.8 Å². The summed E-state index contributed by atoms with van der Waals surface area (Å²) in [6, 6.07) is 12.2. The predicted molar refractivity (Wildman–Crippen MR) is 113 cm³/mol. The van der Waals surface area contributed by atoms with E-state index in [1.807, 2.05) is 43.3 Å². The smallest absolute Gasteiger partial charge is 0.341 e. The number of rotatable bonds is 6. The van der Waals surface area contributed by atoms with Gasteiger partial charge >= 0.3 is 5.97 Å². The van der Waals surface area contributed by atoms with E-state index >= 15 is 0 Å². The van der Waals surface area contributed by atoms with Gasteiger partial charge in [0.2, 0.25) is 5.91 Å². The summed E-state index contributed by atoms with van der Waals surface area (Å²) in [5.41, 5.74) is 1.89. The van der Waals surface area contributed by atoms with Crippen molar-refractivity contribution in [2.24, 2.45) is 0 Å². The van der Waals surface area contributed by atoms with E-state index in [4.69, 9.17) is 16.7 Å². The molecule has 3 rings (SSSR count). The summed E-state index contributed by atoms with van der Waals surface area (Å²) < 4.78 is 0. The number of amides is 1. The number of carbonyl (C=O) groups excluding carboxylic acids is 1. The van der Waals surface area contributed by atoms with Crippen molar-refractivity contribution in [1.82, 2.24) is 10.3 Å². The van der Waals surface area contributed by atoms with Crippen molar-refractivity contribution in [3.05, 3.63) is 74.5 Å². The number of benzene rings is 2. The zero-order chi connectivity index (χ0) is 21.1. The highest BCUT2D eigenvalue weighted by Crippen LogP contribution is 2.22. The predicted octanol–water partition coefficient (Wildman–Crippen LogP) is 2.80. The topological polar surface area (TPSA) is 102 Å². The standard InChI is InChI=1S/C21H20ClN3O4/c1-25(2)16-5-3-12(4-6-16)7-18(26)23-11-14-9-15(22)8-13-10-17(21(28)29)20(27)24-19(13)14/h3-6,8-10H,7,11H2,1-2H3,(H,23,26)(H,24,27)(H,28,29). The van der Waals surface area contributed by atoms with E-state index in [0.29, 0.717) is 21.5 Å². The normalized spacial score (nSPS) is 10.7. The maximum absolute atomic E-state index is 12.3. The molecule has 7 nitrogen and oxygen atoms in total. The third kappa shape index (κ3) is 4.75. The second-order valence-electron chi connectivity index (χ2n) is 6.86. The van der Waals surface area contributed by atoms with Gasteiger partial charge in [0.05, 0.1) is 11.9 Å². The molecule has 3 N–H and O–H groups in total. The van der Waals surface area contributed by atoms with Crippen LogP contribution in [-0.4, -0.2) is 36.1 Å². The van der Waals surface area contributed by atoms with Gasteiger partial charge in [-0.25, -0.2) is 4.79 Å². The maximum atomic E-state index is 12.3. The summed E-state index contributed by atoms with van der Waals surface area (Å²) in [6.07, 6.45) is 0.214. The molecule has 150 valence electrons. The van der Waals surface area contributed by atoms with Crippen LogP contribution >= 0.6 is 11.6 Å². The number of hydrogen-bond donors (Lipinski definition) is 3. The van der Waals surface area contributed by atoms with Gasteiger partial charge in [0.25, 0.3) is 5.56 Å². The van der Waals surface area contributed by atoms with Gasteiger partial charge in [-0.3, -0.25) is 9.59 Å². The number of carboxylic acid groups (broad SMARTS) is 1. The zero-order valence-corrected chi connectivity index (χ0v) is 16.7. The minimum atomic E-state index is -1.32. The molecule has 0 aliphatic carbocycles. The number of aromatic amines is 1. The molecule has 0 radical (unpaired) electrons. The summed E-state index contributed by atoms with van der Waals surface area (Å²) in [6.45, 7) is 0.147. The number of hydrogen-bond acceptors (Lipinski definition) is 4. The Morgan fingerprint density at radius 3 is 2.45 bits per heavy atom. The molecule has 1 amide bonds. The third-order valence-electron chi connectivity index (χ3n) is 4.52. The molecule has 1 aromatic heterocycles. The molecule has 29 heavy (non-hydrogen) atoms. The Bertz CT molecular complexity index is 1140. The molecule has 0 aliphatic rings. The largest absolute Gasteiger partial charge is 0.477 e. The Hall–Kier alpha value is -3.32. The van der Waals surface area contributed by atoms with Crippen molar-refractivity contribution < 1.29 is 14.7 Å². The lowest BCUT2D eigenvalue weighted by Crippen LogP contribution is -2.25. The van der Waals surface area contributed by atoms with Crippen LogP contribution in [0.15, 0.2) is 47.3 Å². The van der Waals surface area contributed by atoms with Gasteiger partial charge in [-0.05, 0) is 41.5 Å². The molecule has 0 spiro atoms. The second-order valence-corrected chi connectivity index (χ2v) is 7.30. The summed E-state index contributed by atoms with van der Waals surface area (Å²) in [5, 5.41) is 12.8. The highest BCUT2D eigenvalue weighted by atomic mass is 35.5. The van der Waals surface area contributed by atoms with Crippen LogP contribution in [-0.2, 0) is 17.8 Å². The number of pyridine rings is 1. The van der Waals surface area contributed by atoms with Crippen LogP contribution in [0, 0.1) is 0 Å². The molecule has 1 heterocycles. The zero-order valence-electron chi connectivity index (χ0n) is 16.0. The summed E-state index contributed by atoms with van der Waals surface area (Å²) >= 11 is 6.12. The number of nitrogens with one attached hydrogen (secondary N) is 2. The number of aromatic nitrogens is 1. The molecule has 0 fully saturated rings. The fraction of sp³-hybridized carbons (Fsp3) is 0.190. The minimum Gasteiger partial charge on any atom is -0.477 e. The lowest BCUT2D eigenvalue weighted by molar-refractivity contribution is -0.120. The van der Waals surface area contributed by atoms with E-state index < -0.39 is 11.5 Å². The Morgan fingerprint density at radius 2 is 1.83 bits per heavy atom. The van der Waals surface area contributed by atoms with Gasteiger partial charge in [-0.1, -0.05) is 23.7 Å². The van der Waals surface area contributed by atoms with Gasteiger partial charge in [-0.15, -0.1) is 0 Å². The van der Waals surface area contributed by atoms with Gasteiger partial charge in [0.1, 0.15) is 5.56 Å². The average Bonchev–Trinajstić information content (AvgIpc) is 2.66. The molecule has 0 aliphatic heterocycles. The fourth-order valence-corrected chi connectivity index (χ4v) is 3.26. The van der Waals surface area contributed by atoms with Crippen molar-refractivity contribution in [2.45, 2.75) is 13.0 Å². The van der Waals surface area contributed by atoms with Gasteiger partial charge in [0.15, 0.2) is 0 Å². The number of H-pyrrole nitrogens is 1. The van der Waals surface area contributed by atoms with Gasteiger partial charge < -0.3 is 20.3 Å². The molecule has 0 saturated carbocycles. The summed E-state index contributed by atoms with van der Waals surface area (Å²) in [5.74, 6) is -1.50. The number of fused-ring (bicyclic) bond motifs is 1. The molecule has 0 bridgehead atoms. The first-order chi connectivity index (χ1) is 13.7. The molecular weight excluding hydrogens is 394 g/mol. The minimum absolute atomic E-state index is 0.147. The first-order valence-electron chi connectivity index (χ1n) is 8.86. The monoisotopic (exact) mass is 413 g/mol. The van der Waals surface area contributed by atoms with Crippen molar-refractivity contribution >= 4 is 40.1 Å². The van der Waals surface area contributed by atoms with Crippen molar-refractivity contribution in [3.8, 4) is 0 Å². The first kappa shape index (κ1) is 20.4. The maximum Gasteiger partial charge on any atom is 0.341 e. The highest BCUT2D eigenvalue weighted by molar-refractivity contribution is 6.31. The van der Waals surface area contributed by atoms with E-state index in [-0.39, 0.29) is 24.4 Å². The van der Waals surface area contributed by atoms with Gasteiger partial charge in [-0.2, -0.15) is 0 Å². The Kier molecular flexibility index (Phi) is 5.89. The van der Waals surface area contributed by atoms with Crippen LogP contribution in [0.3, 0.4) is 0 Å². The third-order valence-corrected chi connectivity index (χ3v) is 4.74. The molecule has 3 aromatic rings. The summed E-state index contributed by atoms with van der Waals surface area (Å²) in [4.78, 5) is 40.1. The van der Waals surface area contributed by atoms with Crippen LogP contribution in [0.1, 0.15) is 21.5 Å². The average molecular weight is 414 g/mol. The molecule has 2 aromatic carbocycles. The number of halogens is 1. The second kappa shape index (κ2) is 8.36. The van der Waals surface area contributed by atoms with Crippen molar-refractivity contribution in [1.29, 1.82) is 0 Å². The van der Waals surface area contributed by atoms with Crippen LogP contribution in [0.25, 0.3) is 10.9 Å². The molecule has 0 atom stereocenters. The Balaban J connectivity index is 1.77. The molecule has 0 unspecified atom stereocenters. The quantitative estimate of drug-likeness (QED) is 0.576. The number of anilines is 1. The number of nitrogens with zero attached hydrogens (tertiary/aromatic N) is 1. The van der Waals surface area contributed by atoms with Crippen LogP contribution in [0.2, 0.25) is 5.02 Å². The van der Waals surface area contributed by atoms with Crippen molar-refractivity contribution in [3.63, 3.8) is 0 Å². The van der Waals surface area contributed by atoms with E-state index in [0.717, 1.165) is 11.3 Å². The van der Waals surface area contributed by atoms with Crippen LogP contribution in [0.4, 0.5) is 5.69 Å². The number of carboxylic acids is 1. The van der Waals surface area contributed by atoms with Crippen LogP contribution in [0.5, 0.6) is 0 Å². The Morgan fingerprint density at radius 1 is 1.14 bits per heavy atom. The van der Waals surface area contributed by atoms with Crippen molar-refractivity contribution in [2.75, 3.05) is 19.0 Å². The van der Waals surface area contributed by atoms with E-state index in [2.05, 4.69) is 10.3 Å². The Labute approximate surface area is 171 Å². The lowest BCUT2D eigenvalue weighted by Gasteiger charge is -2.13. The number of aromatic carboxylic acids is 1. The first-order valence-corrected chi connectivity index (χ1v) is 9.24. The highest BCUT2D eigenvalue weighted by Gasteiger charge is 2.13. The molecule has 8 heteroatoms. The fourth-order valence-electron chi connectivity index (χ4n) is 3.01. The number of carbonyl (C=O) groups is 2. The van der Waals surface area contributed by atoms with Gasteiger partial charge in [0, 0.05) is 36.7 Å². The SMILES string of the molecule is CN(C)c1ccc(CC(=O)NCc2cc(Cl)cc3cc(C(=O)O)c(=O)[nH]c23)cc1. The summed E-state index contributed by atoms with van der Waals surface area (Å²) in [7, 11) is 3.89. The van der Waals surface area contributed by atoms with E-state index in [1.54, 1.807) is 12.1 Å². The van der Waals surface area contributed by atoms with E-state index in [9.17, 15) is 14.4 Å². The molecule has 0 saturated heterocycles. The lowest BCUT2D eigenvalue weighted by atomic mass is 10.1. The molecular formula is C21H20ClN3O4. The van der Waals surface area contributed by atoms with E-state index in [1.165, 1.54) is 6.07 Å².